The second-order valence-electron chi connectivity index (χ2n) is 5.33. The van der Waals surface area contributed by atoms with Crippen molar-refractivity contribution in [3.63, 3.8) is 0 Å². The Bertz CT molecular complexity index is 180. The minimum Gasteiger partial charge on any atom is -0.385 e. The van der Waals surface area contributed by atoms with Gasteiger partial charge in [0.2, 0.25) is 0 Å². The summed E-state index contributed by atoms with van der Waals surface area (Å²) in [6.07, 6.45) is 5.63. The second kappa shape index (κ2) is 8.77. The molecule has 0 aromatic rings. The van der Waals surface area contributed by atoms with E-state index >= 15 is 0 Å². The summed E-state index contributed by atoms with van der Waals surface area (Å²) in [6.45, 7) is 13.7. The topological polar surface area (TPSA) is 21.3 Å². The highest BCUT2D eigenvalue weighted by Crippen LogP contribution is 2.24. The average molecular weight is 227 g/mol. The molecule has 0 saturated heterocycles. The number of methoxy groups -OCH3 is 1. The van der Waals surface area contributed by atoms with Gasteiger partial charge < -0.3 is 10.1 Å². The third kappa shape index (κ3) is 7.89. The molecule has 1 atom stereocenters. The summed E-state index contributed by atoms with van der Waals surface area (Å²) in [5.74, 6) is 0.711. The summed E-state index contributed by atoms with van der Waals surface area (Å²) in [4.78, 5) is 0. The van der Waals surface area contributed by atoms with Crippen LogP contribution in [0.5, 0.6) is 0 Å². The highest BCUT2D eigenvalue weighted by Gasteiger charge is 2.19. The van der Waals surface area contributed by atoms with Crippen LogP contribution in [0.15, 0.2) is 12.7 Å². The minimum absolute atomic E-state index is 0.225. The first-order valence-corrected chi connectivity index (χ1v) is 6.37. The number of rotatable bonds is 10. The maximum atomic E-state index is 5.06. The van der Waals surface area contributed by atoms with E-state index in [0.717, 1.165) is 26.1 Å². The number of hydrogen-bond donors (Lipinski definition) is 1. The molecule has 96 valence electrons. The summed E-state index contributed by atoms with van der Waals surface area (Å²) in [7, 11) is 1.76. The van der Waals surface area contributed by atoms with Gasteiger partial charge in [0.15, 0.2) is 0 Å². The predicted octanol–water partition coefficient (Wildman–Crippen LogP) is 3.24. The Balaban J connectivity index is 3.77. The smallest absolute Gasteiger partial charge is 0.0462 e. The fraction of sp³-hybridized carbons (Fsp3) is 0.857. The van der Waals surface area contributed by atoms with E-state index in [-0.39, 0.29) is 5.41 Å². The van der Waals surface area contributed by atoms with E-state index in [1.54, 1.807) is 7.11 Å². The lowest BCUT2D eigenvalue weighted by Crippen LogP contribution is -2.32. The van der Waals surface area contributed by atoms with E-state index in [1.807, 2.05) is 0 Å². The lowest BCUT2D eigenvalue weighted by Gasteiger charge is -2.26. The first kappa shape index (κ1) is 15.7. The zero-order valence-corrected chi connectivity index (χ0v) is 11.5. The highest BCUT2D eigenvalue weighted by atomic mass is 16.5. The van der Waals surface area contributed by atoms with Gasteiger partial charge >= 0.3 is 0 Å². The molecule has 2 nitrogen and oxygen atoms in total. The van der Waals surface area contributed by atoms with Crippen molar-refractivity contribution >= 4 is 0 Å². The molecule has 0 aliphatic carbocycles. The molecule has 0 heterocycles. The van der Waals surface area contributed by atoms with E-state index in [1.165, 1.54) is 12.8 Å². The first-order valence-electron chi connectivity index (χ1n) is 6.37. The zero-order valence-electron chi connectivity index (χ0n) is 11.5. The van der Waals surface area contributed by atoms with E-state index < -0.39 is 0 Å². The standard InChI is InChI=1S/C14H29NO/c1-6-14(4,9-7-8-10-16-5)12-15-11-13(2)3/h6,13,15H,1,7-12H2,2-5H3. The zero-order chi connectivity index (χ0) is 12.4. The fourth-order valence-electron chi connectivity index (χ4n) is 1.68. The molecule has 0 radical (unpaired) electrons. The van der Waals surface area contributed by atoms with Crippen molar-refractivity contribution in [1.82, 2.24) is 5.32 Å². The number of unbranched alkanes of at least 4 members (excludes halogenated alkanes) is 1. The number of ether oxygens (including phenoxy) is 1. The quantitative estimate of drug-likeness (QED) is 0.457. The van der Waals surface area contributed by atoms with Gasteiger partial charge in [0.05, 0.1) is 0 Å². The highest BCUT2D eigenvalue weighted by molar-refractivity contribution is 4.92. The second-order valence-corrected chi connectivity index (χ2v) is 5.33. The predicted molar refractivity (Wildman–Crippen MR) is 71.7 cm³/mol. The molecule has 0 amide bonds. The van der Waals surface area contributed by atoms with Crippen LogP contribution in [0, 0.1) is 11.3 Å². The lowest BCUT2D eigenvalue weighted by molar-refractivity contribution is 0.187. The Morgan fingerprint density at radius 3 is 2.56 bits per heavy atom. The van der Waals surface area contributed by atoms with Crippen LogP contribution in [0.1, 0.15) is 40.0 Å². The minimum atomic E-state index is 0.225. The third-order valence-corrected chi connectivity index (χ3v) is 2.92. The molecular weight excluding hydrogens is 198 g/mol. The molecule has 0 spiro atoms. The molecule has 2 heteroatoms. The molecule has 0 aromatic heterocycles. The monoisotopic (exact) mass is 227 g/mol. The van der Waals surface area contributed by atoms with Gasteiger partial charge in [-0.3, -0.25) is 0 Å². The third-order valence-electron chi connectivity index (χ3n) is 2.92. The van der Waals surface area contributed by atoms with Gasteiger partial charge in [-0.05, 0) is 30.7 Å². The van der Waals surface area contributed by atoms with Crippen LogP contribution in [0.2, 0.25) is 0 Å². The van der Waals surface area contributed by atoms with Crippen molar-refractivity contribution in [2.45, 2.75) is 40.0 Å². The van der Waals surface area contributed by atoms with Crippen molar-refractivity contribution in [2.24, 2.45) is 11.3 Å². The summed E-state index contributed by atoms with van der Waals surface area (Å²) in [6, 6.07) is 0. The van der Waals surface area contributed by atoms with Crippen LogP contribution in [0.4, 0.5) is 0 Å². The lowest BCUT2D eigenvalue weighted by atomic mass is 9.85. The van der Waals surface area contributed by atoms with Gasteiger partial charge in [-0.15, -0.1) is 6.58 Å². The van der Waals surface area contributed by atoms with Crippen LogP contribution in [-0.2, 0) is 4.74 Å². The number of nitrogens with one attached hydrogen (secondary N) is 1. The van der Waals surface area contributed by atoms with Crippen LogP contribution in [0.25, 0.3) is 0 Å². The molecule has 0 aliphatic heterocycles. The van der Waals surface area contributed by atoms with Crippen LogP contribution >= 0.6 is 0 Å². The molecule has 1 N–H and O–H groups in total. The van der Waals surface area contributed by atoms with Crippen molar-refractivity contribution in [3.05, 3.63) is 12.7 Å². The molecule has 0 fully saturated rings. The summed E-state index contributed by atoms with van der Waals surface area (Å²) in [5, 5.41) is 3.51. The molecule has 0 rings (SSSR count). The molecule has 1 unspecified atom stereocenters. The Morgan fingerprint density at radius 2 is 2.06 bits per heavy atom. The van der Waals surface area contributed by atoms with Gasteiger partial charge in [0.1, 0.15) is 0 Å². The molecule has 0 bridgehead atoms. The Morgan fingerprint density at radius 1 is 1.38 bits per heavy atom. The molecule has 0 aliphatic rings. The summed E-state index contributed by atoms with van der Waals surface area (Å²) >= 11 is 0. The van der Waals surface area contributed by atoms with Gasteiger partial charge in [-0.25, -0.2) is 0 Å². The fourth-order valence-corrected chi connectivity index (χ4v) is 1.68. The van der Waals surface area contributed by atoms with Crippen molar-refractivity contribution in [3.8, 4) is 0 Å². The van der Waals surface area contributed by atoms with E-state index in [9.17, 15) is 0 Å². The van der Waals surface area contributed by atoms with E-state index in [4.69, 9.17) is 4.74 Å². The molecule has 0 saturated carbocycles. The van der Waals surface area contributed by atoms with Crippen LogP contribution in [0.3, 0.4) is 0 Å². The number of hydrogen-bond acceptors (Lipinski definition) is 2. The molecule has 16 heavy (non-hydrogen) atoms. The maximum absolute atomic E-state index is 5.06. The SMILES string of the molecule is C=CC(C)(CCCCOC)CNCC(C)C. The van der Waals surface area contributed by atoms with Gasteiger partial charge in [-0.2, -0.15) is 0 Å². The van der Waals surface area contributed by atoms with Gasteiger partial charge in [-0.1, -0.05) is 33.3 Å². The largest absolute Gasteiger partial charge is 0.385 e. The van der Waals surface area contributed by atoms with Crippen molar-refractivity contribution < 1.29 is 4.74 Å². The normalized spacial score (nSPS) is 15.1. The Hall–Kier alpha value is -0.340. The van der Waals surface area contributed by atoms with E-state index in [2.05, 4.69) is 38.7 Å². The Kier molecular flexibility index (Phi) is 8.58. The Labute approximate surface area is 101 Å². The first-order chi connectivity index (χ1) is 7.54. The summed E-state index contributed by atoms with van der Waals surface area (Å²) < 4.78 is 5.06. The average Bonchev–Trinajstić information content (AvgIpc) is 2.24. The molecular formula is C14H29NO. The van der Waals surface area contributed by atoms with E-state index in [0.29, 0.717) is 5.92 Å². The van der Waals surface area contributed by atoms with Crippen LogP contribution in [-0.4, -0.2) is 26.8 Å². The van der Waals surface area contributed by atoms with Crippen LogP contribution < -0.4 is 5.32 Å². The summed E-state index contributed by atoms with van der Waals surface area (Å²) in [5.41, 5.74) is 0.225. The van der Waals surface area contributed by atoms with Crippen molar-refractivity contribution in [1.29, 1.82) is 0 Å². The molecule has 0 aromatic carbocycles. The van der Waals surface area contributed by atoms with Crippen molar-refractivity contribution in [2.75, 3.05) is 26.8 Å². The van der Waals surface area contributed by atoms with Gasteiger partial charge in [0.25, 0.3) is 0 Å². The maximum Gasteiger partial charge on any atom is 0.0462 e. The van der Waals surface area contributed by atoms with Gasteiger partial charge in [0, 0.05) is 20.3 Å².